The van der Waals surface area contributed by atoms with Crippen LogP contribution in [0.5, 0.6) is 40.2 Å². The molecule has 115 heavy (non-hydrogen) atoms. The van der Waals surface area contributed by atoms with Gasteiger partial charge in [0.05, 0.1) is 93.8 Å². The summed E-state index contributed by atoms with van der Waals surface area (Å²) in [5.74, 6) is 2.19. The molecule has 3 heterocycles. The number of methoxy groups -OCH3 is 4. The largest absolute Gasteiger partial charge is 0.550 e. The fourth-order valence-electron chi connectivity index (χ4n) is 13.4. The van der Waals surface area contributed by atoms with Gasteiger partial charge in [0.15, 0.2) is 0 Å². The van der Waals surface area contributed by atoms with Crippen LogP contribution in [0.4, 0.5) is 0 Å². The number of esters is 3. The van der Waals surface area contributed by atoms with Crippen molar-refractivity contribution in [2.24, 2.45) is 0 Å². The summed E-state index contributed by atoms with van der Waals surface area (Å²) in [4.78, 5) is 44.2. The number of fused-ring (bicyclic) bond motifs is 6. The molecule has 0 spiro atoms. The Labute approximate surface area is 683 Å². The summed E-state index contributed by atoms with van der Waals surface area (Å²) in [6, 6.07) is 83.2. The first-order valence-corrected chi connectivity index (χ1v) is 37.1. The van der Waals surface area contributed by atoms with Crippen LogP contribution in [-0.4, -0.2) is 88.4 Å². The number of carbonyl (C=O) groups is 4. The molecule has 11 aromatic carbocycles. The number of phenolic OH excluding ortho intramolecular Hbond substituents is 1. The van der Waals surface area contributed by atoms with Gasteiger partial charge in [0.2, 0.25) is 0 Å². The highest BCUT2D eigenvalue weighted by Crippen LogP contribution is 2.47. The number of ether oxygens (including phenoxy) is 10. The lowest BCUT2D eigenvalue weighted by Gasteiger charge is -2.36. The Bertz CT molecular complexity index is 4780. The number of aliphatic carboxylic acids is 1. The summed E-state index contributed by atoms with van der Waals surface area (Å²) in [5, 5.41) is 37.5. The van der Waals surface area contributed by atoms with Gasteiger partial charge in [-0.15, -0.1) is 12.3 Å². The van der Waals surface area contributed by atoms with Gasteiger partial charge in [-0.05, 0) is 196 Å². The predicted molar refractivity (Wildman–Crippen MR) is 444 cm³/mol. The number of hydrogen-bond acceptors (Lipinski definition) is 18. The fraction of sp³-hybridized carbons (Fsp3) is 0.263. The van der Waals surface area contributed by atoms with Gasteiger partial charge < -0.3 is 77.5 Å². The third-order valence-electron chi connectivity index (χ3n) is 19.5. The Balaban J connectivity index is 0.000000245. The van der Waals surface area contributed by atoms with Crippen LogP contribution in [0, 0.1) is 0 Å². The molecule has 0 aromatic heterocycles. The number of benzene rings is 11. The minimum absolute atomic E-state index is 0. The maximum atomic E-state index is 11.9. The van der Waals surface area contributed by atoms with E-state index in [1.807, 2.05) is 158 Å². The lowest BCUT2D eigenvalue weighted by Crippen LogP contribution is -3.11. The number of aliphatic hydroxyl groups is 2. The van der Waals surface area contributed by atoms with Crippen LogP contribution < -0.4 is 38.4 Å². The highest BCUT2D eigenvalue weighted by molar-refractivity contribution is 5.92. The van der Waals surface area contributed by atoms with Crippen molar-refractivity contribution in [3.8, 4) is 62.5 Å². The first-order chi connectivity index (χ1) is 56.5. The zero-order valence-electron chi connectivity index (χ0n) is 67.5. The highest BCUT2D eigenvalue weighted by Gasteiger charge is 2.40. The number of cyclic esters (lactones) is 2. The van der Waals surface area contributed by atoms with Crippen molar-refractivity contribution in [3.05, 3.63) is 327 Å². The second kappa shape index (κ2) is 44.6. The molecule has 11 aromatic rings. The smallest absolute Gasteiger partial charge is 0.314 e. The van der Waals surface area contributed by atoms with Crippen molar-refractivity contribution < 1.29 is 93.2 Å². The number of rotatable bonds is 26. The lowest BCUT2D eigenvalue weighted by molar-refractivity contribution is -0.894. The van der Waals surface area contributed by atoms with E-state index in [4.69, 9.17) is 55.4 Å². The second-order valence-electron chi connectivity index (χ2n) is 26.5. The van der Waals surface area contributed by atoms with Crippen LogP contribution >= 0.6 is 12.3 Å². The number of halogens is 1. The maximum absolute atomic E-state index is 11.9. The van der Waals surface area contributed by atoms with E-state index >= 15 is 0 Å². The van der Waals surface area contributed by atoms with Crippen molar-refractivity contribution in [2.45, 2.75) is 119 Å². The van der Waals surface area contributed by atoms with Crippen LogP contribution in [0.25, 0.3) is 22.3 Å². The number of carbonyl (C=O) groups excluding carboxylic acids is 4. The molecule has 1 fully saturated rings. The molecule has 0 amide bonds. The van der Waals surface area contributed by atoms with Crippen molar-refractivity contribution in [3.63, 3.8) is 0 Å². The summed E-state index contributed by atoms with van der Waals surface area (Å²) >= 11 is 3.89. The van der Waals surface area contributed by atoms with Crippen molar-refractivity contribution in [1.82, 2.24) is 0 Å². The van der Waals surface area contributed by atoms with Gasteiger partial charge in [0, 0.05) is 18.5 Å². The van der Waals surface area contributed by atoms with E-state index in [1.54, 1.807) is 51.5 Å². The van der Waals surface area contributed by atoms with Gasteiger partial charge in [0.25, 0.3) is 0 Å². The summed E-state index contributed by atoms with van der Waals surface area (Å²) in [6.45, 7) is 12.0. The zero-order chi connectivity index (χ0) is 83.4. The predicted octanol–water partition coefficient (Wildman–Crippen LogP) is 16.0. The molecule has 14 rings (SSSR count). The van der Waals surface area contributed by atoms with Crippen molar-refractivity contribution in [2.75, 3.05) is 48.1 Å². The normalized spacial score (nSPS) is 12.0. The fourth-order valence-corrected chi connectivity index (χ4v) is 13.4. The van der Waals surface area contributed by atoms with Crippen LogP contribution in [-0.2, 0) is 95.6 Å². The van der Waals surface area contributed by atoms with Gasteiger partial charge in [-0.1, -0.05) is 185 Å². The number of carboxylic acid groups (broad SMARTS) is 1. The van der Waals surface area contributed by atoms with E-state index in [0.717, 1.165) is 129 Å². The summed E-state index contributed by atoms with van der Waals surface area (Å²) in [7, 11) is 7.89. The average molecular weight is 1590 g/mol. The maximum Gasteiger partial charge on any atom is 0.314 e. The minimum Gasteiger partial charge on any atom is -0.550 e. The third kappa shape index (κ3) is 23.4. The second-order valence-corrected chi connectivity index (χ2v) is 26.5. The SMILES string of the molecule is C.CC[NH+](CC)CC.COc1ccc(C(OCc2ccc3c(c2)OCc2cc(CO)ccc2-3)(c2ccccc2)c2ccc(OC)cc2)cc1.COc1ccc(C(OCc2ccc3c(c2)OCc2cc(COC(=O)CCC(=O)[O-])ccc2-3)(c2ccccc2)c2ccc(OC)cc2)cc1.O=C1CCC(=O)O1.OCc1cccc(O)c1.[2H]Cl.[3H]C. The number of phenols is 1. The number of nitrogens with one attached hydrogen (secondary N) is 1. The molecule has 0 aliphatic carbocycles. The molecule has 0 radical (unpaired) electrons. The Morgan fingerprint density at radius 3 is 1.12 bits per heavy atom. The van der Waals surface area contributed by atoms with E-state index in [1.165, 1.54) is 33.1 Å². The lowest BCUT2D eigenvalue weighted by atomic mass is 9.80. The third-order valence-corrected chi connectivity index (χ3v) is 19.5. The molecule has 19 nitrogen and oxygen atoms in total. The summed E-state index contributed by atoms with van der Waals surface area (Å²) < 4.78 is 68.6. The Hall–Kier alpha value is -11.8. The van der Waals surface area contributed by atoms with Crippen LogP contribution in [0.3, 0.4) is 0 Å². The molecule has 0 unspecified atom stereocenters. The number of aromatic hydroxyl groups is 1. The van der Waals surface area contributed by atoms with Crippen LogP contribution in [0.15, 0.2) is 255 Å². The Morgan fingerprint density at radius 1 is 0.452 bits per heavy atom. The zero-order valence-corrected chi connectivity index (χ0v) is 66.2. The van der Waals surface area contributed by atoms with Crippen LogP contribution in [0.2, 0.25) is 0 Å². The van der Waals surface area contributed by atoms with Crippen molar-refractivity contribution >= 4 is 36.2 Å². The average Bonchev–Trinajstić information content (AvgIpc) is 0.794. The Morgan fingerprint density at radius 2 is 0.800 bits per heavy atom. The van der Waals surface area contributed by atoms with Gasteiger partial charge in [-0.2, -0.15) is 0 Å². The molecular weight excluding hydrogens is 1480 g/mol. The first kappa shape index (κ1) is 87.2. The molecule has 0 saturated carbocycles. The van der Waals surface area contributed by atoms with E-state index in [-0.39, 0.29) is 58.7 Å². The first-order valence-electron chi connectivity index (χ1n) is 38.5. The van der Waals surface area contributed by atoms with Gasteiger partial charge >= 0.3 is 17.9 Å². The summed E-state index contributed by atoms with van der Waals surface area (Å²) in [6.07, 6.45) is -0.0585. The number of aliphatic hydroxyl groups excluding tert-OH is 2. The molecule has 4 N–H and O–H groups in total. The number of quaternary nitrogens is 1. The number of carboxylic acids is 1. The van der Waals surface area contributed by atoms with E-state index in [0.29, 0.717) is 26.4 Å². The topological polar surface area (TPSA) is 249 Å². The van der Waals surface area contributed by atoms with E-state index < -0.39 is 35.1 Å². The molecule has 0 atom stereocenters. The quantitative estimate of drug-likeness (QED) is 0.0223. The Kier molecular flexibility index (Phi) is 33.8. The molecule has 604 valence electrons. The molecule has 3 aliphatic rings. The van der Waals surface area contributed by atoms with E-state index in [9.17, 15) is 29.4 Å². The van der Waals surface area contributed by atoms with E-state index in [2.05, 4.69) is 111 Å². The van der Waals surface area contributed by atoms with Gasteiger partial charge in [-0.25, -0.2) is 0 Å². The van der Waals surface area contributed by atoms with Gasteiger partial charge in [0.1, 0.15) is 72.4 Å². The summed E-state index contributed by atoms with van der Waals surface area (Å²) in [5.41, 5.74) is 14.6. The van der Waals surface area contributed by atoms with Crippen LogP contribution in [0.1, 0.15) is 135 Å². The molecule has 1 saturated heterocycles. The molecule has 0 bridgehead atoms. The van der Waals surface area contributed by atoms with Crippen molar-refractivity contribution in [1.29, 1.82) is 1.17 Å². The molecular formula is C95H104ClNO18. The minimum atomic E-state index is -1.28. The number of hydrogen-bond donors (Lipinski definition) is 4. The van der Waals surface area contributed by atoms with Gasteiger partial charge in [-0.3, -0.25) is 14.4 Å². The molecule has 20 heteroatoms. The molecule has 3 aliphatic heterocycles. The highest BCUT2D eigenvalue weighted by atomic mass is 35.5. The monoisotopic (exact) mass is 1580 g/mol. The standard InChI is InChI=1S/C40H36O8.C36H32O5.C7H8O2.C6H15N.C4H4O3.2CH4.ClH/c1-44-33-14-10-31(11-15-33)40(30-6-4-3-5-7-30,32-12-16-34(45-2)17-13-32)48-25-28-9-19-36-35-18-8-27(22-29(35)26-46-37(36)23-28)24-47-39(43)21-20-38(41)42;1-38-31-14-10-29(11-15-31)36(28-6-4-3-5-7-28,30-12-16-32(39-2)17-13-30)41-23-26-9-19-34-33-18-8-25(22-37)20-27(33)24-40-35(34)21-26;8-5-6-2-1-3-7(9)4-6;1-4-7(5-2)6-3;5-3-1-2-4(6)7-3;;;/h3-19,22-23H,20-21,24-26H2,1-2H3,(H,41,42);3-21,37H,22-24H2,1-2H3;1-4,8-9H,5H2;4-6H2,1-3H3;1-2H2;2*1H4;1H/i;;;;;1T;;/hD.